The summed E-state index contributed by atoms with van der Waals surface area (Å²) in [5, 5.41) is 2.10. The highest BCUT2D eigenvalue weighted by molar-refractivity contribution is 8.00. The van der Waals surface area contributed by atoms with Crippen molar-refractivity contribution < 1.29 is 13.8 Å². The van der Waals surface area contributed by atoms with E-state index in [9.17, 15) is 13.8 Å². The van der Waals surface area contributed by atoms with Gasteiger partial charge in [0.1, 0.15) is 9.99 Å². The van der Waals surface area contributed by atoms with E-state index in [1.807, 2.05) is 0 Å². The lowest BCUT2D eigenvalue weighted by atomic mass is 10.0. The first-order valence-electron chi connectivity index (χ1n) is 7.31. The van der Waals surface area contributed by atoms with Crippen molar-refractivity contribution in [2.75, 3.05) is 0 Å². The first-order valence-corrected chi connectivity index (χ1v) is 10.3. The van der Waals surface area contributed by atoms with Gasteiger partial charge in [-0.2, -0.15) is 0 Å². The lowest BCUT2D eigenvalue weighted by Crippen LogP contribution is -2.41. The average molecular weight is 396 g/mol. The van der Waals surface area contributed by atoms with Gasteiger partial charge in [0.15, 0.2) is 0 Å². The zero-order chi connectivity index (χ0) is 19.1. The predicted molar refractivity (Wildman–Crippen MR) is 103 cm³/mol. The average Bonchev–Trinajstić information content (AvgIpc) is 2.85. The number of hydrogen-bond acceptors (Lipinski definition) is 6. The van der Waals surface area contributed by atoms with E-state index in [1.54, 1.807) is 5.38 Å². The van der Waals surface area contributed by atoms with Gasteiger partial charge in [-0.3, -0.25) is 14.3 Å². The van der Waals surface area contributed by atoms with E-state index in [1.165, 1.54) is 31.3 Å². The molecule has 3 atom stereocenters. The molecule has 1 aromatic heterocycles. The van der Waals surface area contributed by atoms with Crippen LogP contribution in [0.15, 0.2) is 15.7 Å². The van der Waals surface area contributed by atoms with Crippen LogP contribution < -0.4 is 16.2 Å². The van der Waals surface area contributed by atoms with Crippen molar-refractivity contribution >= 4 is 50.2 Å². The number of hydrogen-bond donors (Lipinski definition) is 3. The van der Waals surface area contributed by atoms with E-state index >= 15 is 0 Å². The maximum absolute atomic E-state index is 12.0. The number of nitrogens with one attached hydrogen (secondary N) is 1. The van der Waals surface area contributed by atoms with Crippen LogP contribution >= 0.6 is 22.9 Å². The molecule has 0 fully saturated rings. The Labute approximate surface area is 153 Å². The molecular weight excluding hydrogens is 370 g/mol. The van der Waals surface area contributed by atoms with Gasteiger partial charge in [0.25, 0.3) is 0 Å². The summed E-state index contributed by atoms with van der Waals surface area (Å²) in [6.07, 6.45) is 0.801. The molecule has 0 aliphatic heterocycles. The zero-order valence-electron chi connectivity index (χ0n) is 14.4. The second-order valence-electron chi connectivity index (χ2n) is 5.86. The highest BCUT2D eigenvalue weighted by Crippen LogP contribution is 2.23. The third kappa shape index (κ3) is 8.79. The molecule has 0 radical (unpaired) electrons. The molecular formula is C15H26ClN3O3S2. The van der Waals surface area contributed by atoms with Crippen LogP contribution in [0.5, 0.6) is 0 Å². The van der Waals surface area contributed by atoms with Gasteiger partial charge in [0.05, 0.1) is 26.8 Å². The van der Waals surface area contributed by atoms with Crippen molar-refractivity contribution in [2.24, 2.45) is 17.4 Å². The number of halogens is 1. The van der Waals surface area contributed by atoms with E-state index < -0.39 is 21.7 Å². The second kappa shape index (κ2) is 10.1. The van der Waals surface area contributed by atoms with Crippen LogP contribution in [-0.4, -0.2) is 33.9 Å². The Hall–Kier alpha value is -0.930. The summed E-state index contributed by atoms with van der Waals surface area (Å²) >= 11 is 6.87. The molecule has 1 aromatic rings. The topological polar surface area (TPSA) is 115 Å². The molecule has 0 saturated heterocycles. The van der Waals surface area contributed by atoms with Gasteiger partial charge in [-0.05, 0) is 38.1 Å². The Balaban J connectivity index is 0.000000506. The second-order valence-corrected chi connectivity index (χ2v) is 9.46. The minimum absolute atomic E-state index is 0.0868. The molecule has 9 heteroatoms. The van der Waals surface area contributed by atoms with Crippen LogP contribution in [0.3, 0.4) is 0 Å². The van der Waals surface area contributed by atoms with Gasteiger partial charge in [-0.1, -0.05) is 25.4 Å². The van der Waals surface area contributed by atoms with Crippen molar-refractivity contribution in [2.45, 2.75) is 50.4 Å². The van der Waals surface area contributed by atoms with E-state index in [0.717, 1.165) is 6.42 Å². The molecule has 1 rings (SSSR count). The van der Waals surface area contributed by atoms with Crippen LogP contribution in [-0.2, 0) is 19.3 Å². The predicted octanol–water partition coefficient (Wildman–Crippen LogP) is 1.80. The van der Waals surface area contributed by atoms with E-state index in [4.69, 9.17) is 23.1 Å². The lowest BCUT2D eigenvalue weighted by Gasteiger charge is -2.10. The summed E-state index contributed by atoms with van der Waals surface area (Å²) in [4.78, 5) is 21.8. The highest BCUT2D eigenvalue weighted by Gasteiger charge is 2.16. The molecule has 6 nitrogen and oxygen atoms in total. The molecule has 5 N–H and O–H groups in total. The maximum Gasteiger partial charge on any atom is 0.248 e. The summed E-state index contributed by atoms with van der Waals surface area (Å²) in [5.74, 6) is 3.57. The quantitative estimate of drug-likeness (QED) is 0.635. The van der Waals surface area contributed by atoms with Gasteiger partial charge >= 0.3 is 0 Å². The Morgan fingerprint density at radius 3 is 2.21 bits per heavy atom. The summed E-state index contributed by atoms with van der Waals surface area (Å²) in [6.45, 7) is 7.16. The number of carbonyl (C=O) groups is 2. The molecule has 3 unspecified atom stereocenters. The molecule has 0 bridgehead atoms. The van der Waals surface area contributed by atoms with Crippen molar-refractivity contribution in [1.82, 2.24) is 4.72 Å². The minimum atomic E-state index is -2.83. The molecule has 1 amide bonds. The summed E-state index contributed by atoms with van der Waals surface area (Å²) < 4.78 is 14.7. The highest BCUT2D eigenvalue weighted by atomic mass is 35.5. The standard InChI is InChI=1S/C8H11ClN2O2S2.C7H15NO/c1-5(10)8(12)11-15(2,13)7-3-6(9)4-14-7;1-5(2)4-7(8)6(3)9/h3-5H,2,10H2,1H3,(H,11,12,13);5,7H,4,8H2,1-3H3. The first kappa shape index (κ1) is 23.1. The molecule has 0 aliphatic carbocycles. The van der Waals surface area contributed by atoms with Gasteiger partial charge in [-0.15, -0.1) is 11.3 Å². The number of carbonyl (C=O) groups excluding carboxylic acids is 2. The number of amides is 1. The van der Waals surface area contributed by atoms with Crippen molar-refractivity contribution in [1.29, 1.82) is 0 Å². The number of Topliss-reactive ketones (excluding diaryl/α,β-unsaturated/α-hetero) is 1. The fourth-order valence-corrected chi connectivity index (χ4v) is 4.13. The first-order chi connectivity index (χ1) is 10.9. The fraction of sp³-hybridized carbons (Fsp3) is 0.533. The van der Waals surface area contributed by atoms with E-state index in [-0.39, 0.29) is 11.8 Å². The molecule has 0 spiro atoms. The summed E-state index contributed by atoms with van der Waals surface area (Å²) in [7, 11) is -2.83. The van der Waals surface area contributed by atoms with Gasteiger partial charge in [-0.25, -0.2) is 4.21 Å². The maximum atomic E-state index is 12.0. The van der Waals surface area contributed by atoms with Crippen LogP contribution in [0.4, 0.5) is 0 Å². The molecule has 1 heterocycles. The molecule has 0 aromatic carbocycles. The zero-order valence-corrected chi connectivity index (χ0v) is 16.8. The summed E-state index contributed by atoms with van der Waals surface area (Å²) in [5.41, 5.74) is 10.8. The molecule has 138 valence electrons. The smallest absolute Gasteiger partial charge is 0.248 e. The minimum Gasteiger partial charge on any atom is -0.322 e. The molecule has 0 aliphatic rings. The Morgan fingerprint density at radius 2 is 1.92 bits per heavy atom. The van der Waals surface area contributed by atoms with Gasteiger partial charge in [0.2, 0.25) is 5.91 Å². The molecule has 24 heavy (non-hydrogen) atoms. The number of ketones is 1. The fourth-order valence-electron chi connectivity index (χ4n) is 1.45. The van der Waals surface area contributed by atoms with Crippen LogP contribution in [0.1, 0.15) is 34.1 Å². The van der Waals surface area contributed by atoms with Crippen molar-refractivity contribution in [3.63, 3.8) is 0 Å². The Kier molecular flexibility index (Phi) is 9.76. The third-order valence-electron chi connectivity index (χ3n) is 2.79. The SMILES string of the molecule is C=S(=O)(NC(=O)C(C)N)c1cc(Cl)cs1.CC(=O)C(N)CC(C)C. The van der Waals surface area contributed by atoms with Gasteiger partial charge in [0, 0.05) is 5.38 Å². The molecule has 0 saturated carbocycles. The Morgan fingerprint density at radius 1 is 1.38 bits per heavy atom. The van der Waals surface area contributed by atoms with Crippen LogP contribution in [0.2, 0.25) is 5.02 Å². The largest absolute Gasteiger partial charge is 0.322 e. The van der Waals surface area contributed by atoms with Crippen molar-refractivity contribution in [3.05, 3.63) is 16.5 Å². The van der Waals surface area contributed by atoms with E-state index in [0.29, 0.717) is 15.1 Å². The summed E-state index contributed by atoms with van der Waals surface area (Å²) in [6, 6.07) is 0.552. The lowest BCUT2D eigenvalue weighted by molar-refractivity contribution is -0.120. The third-order valence-corrected chi connectivity index (χ3v) is 6.26. The Bertz CT molecular complexity index is 655. The number of rotatable bonds is 6. The normalized spacial score (nSPS) is 15.7. The van der Waals surface area contributed by atoms with E-state index in [2.05, 4.69) is 24.4 Å². The number of nitrogens with two attached hydrogens (primary N) is 2. The van der Waals surface area contributed by atoms with Crippen molar-refractivity contribution in [3.8, 4) is 0 Å². The monoisotopic (exact) mass is 395 g/mol. The van der Waals surface area contributed by atoms with Gasteiger partial charge < -0.3 is 11.5 Å². The van der Waals surface area contributed by atoms with Crippen LogP contribution in [0.25, 0.3) is 0 Å². The van der Waals surface area contributed by atoms with Crippen LogP contribution in [0, 0.1) is 5.92 Å². The number of thiophene rings is 1.